The number of carboxylic acid groups (broad SMARTS) is 1. The molecule has 0 rings (SSSR count). The van der Waals surface area contributed by atoms with Crippen molar-refractivity contribution >= 4 is 17.6 Å². The summed E-state index contributed by atoms with van der Waals surface area (Å²) in [6.07, 6.45) is 2.23. The SMILES string of the molecule is CC(Cl)N[C@@H](CCCCN)C(=O)O. The third kappa shape index (κ3) is 6.81. The highest BCUT2D eigenvalue weighted by Gasteiger charge is 2.17. The van der Waals surface area contributed by atoms with Gasteiger partial charge < -0.3 is 10.8 Å². The second-order valence-corrected chi connectivity index (χ2v) is 3.61. The molecule has 0 saturated carbocycles. The Labute approximate surface area is 83.4 Å². The van der Waals surface area contributed by atoms with E-state index in [1.54, 1.807) is 6.92 Å². The summed E-state index contributed by atoms with van der Waals surface area (Å²) < 4.78 is 0. The largest absolute Gasteiger partial charge is 0.480 e. The smallest absolute Gasteiger partial charge is 0.320 e. The van der Waals surface area contributed by atoms with Gasteiger partial charge in [-0.25, -0.2) is 0 Å². The van der Waals surface area contributed by atoms with Gasteiger partial charge in [-0.3, -0.25) is 10.1 Å². The summed E-state index contributed by atoms with van der Waals surface area (Å²) >= 11 is 5.63. The van der Waals surface area contributed by atoms with E-state index >= 15 is 0 Å². The Hall–Kier alpha value is -0.320. The number of hydrogen-bond acceptors (Lipinski definition) is 3. The number of nitrogens with two attached hydrogens (primary N) is 1. The van der Waals surface area contributed by atoms with Crippen LogP contribution in [0.4, 0.5) is 0 Å². The first kappa shape index (κ1) is 12.7. The van der Waals surface area contributed by atoms with Crippen LogP contribution in [0.2, 0.25) is 0 Å². The van der Waals surface area contributed by atoms with E-state index in [2.05, 4.69) is 5.32 Å². The topological polar surface area (TPSA) is 75.3 Å². The standard InChI is InChI=1S/C8H17ClN2O2/c1-6(9)11-7(8(12)13)4-2-3-5-10/h6-7,11H,2-5,10H2,1H3,(H,12,13)/t6?,7-/m0/s1. The van der Waals surface area contributed by atoms with Crippen LogP contribution in [0.3, 0.4) is 0 Å². The van der Waals surface area contributed by atoms with Crippen molar-refractivity contribution in [3.8, 4) is 0 Å². The molecule has 0 aliphatic carbocycles. The molecule has 2 atom stereocenters. The second kappa shape index (κ2) is 7.12. The van der Waals surface area contributed by atoms with E-state index < -0.39 is 12.0 Å². The number of hydrogen-bond donors (Lipinski definition) is 3. The fourth-order valence-corrected chi connectivity index (χ4v) is 1.20. The zero-order chi connectivity index (χ0) is 10.3. The highest BCUT2D eigenvalue weighted by molar-refractivity contribution is 6.20. The summed E-state index contributed by atoms with van der Waals surface area (Å²) in [5.41, 5.74) is 4.98. The molecular weight excluding hydrogens is 192 g/mol. The fourth-order valence-electron chi connectivity index (χ4n) is 1.05. The lowest BCUT2D eigenvalue weighted by Crippen LogP contribution is -2.39. The van der Waals surface area contributed by atoms with E-state index in [0.717, 1.165) is 12.8 Å². The van der Waals surface area contributed by atoms with Gasteiger partial charge in [-0.2, -0.15) is 0 Å². The number of carboxylic acids is 1. The van der Waals surface area contributed by atoms with E-state index in [-0.39, 0.29) is 5.50 Å². The normalized spacial score (nSPS) is 15.3. The number of aliphatic carboxylic acids is 1. The quantitative estimate of drug-likeness (QED) is 0.328. The average molecular weight is 209 g/mol. The number of carbonyl (C=O) groups is 1. The van der Waals surface area contributed by atoms with Crippen LogP contribution in [0.25, 0.3) is 0 Å². The van der Waals surface area contributed by atoms with E-state index in [9.17, 15) is 4.79 Å². The van der Waals surface area contributed by atoms with E-state index in [0.29, 0.717) is 13.0 Å². The van der Waals surface area contributed by atoms with Gasteiger partial charge >= 0.3 is 5.97 Å². The van der Waals surface area contributed by atoms with Crippen molar-refractivity contribution in [2.45, 2.75) is 37.7 Å². The fraction of sp³-hybridized carbons (Fsp3) is 0.875. The van der Waals surface area contributed by atoms with E-state index in [4.69, 9.17) is 22.4 Å². The van der Waals surface area contributed by atoms with Crippen LogP contribution in [-0.2, 0) is 4.79 Å². The lowest BCUT2D eigenvalue weighted by Gasteiger charge is -2.15. The van der Waals surface area contributed by atoms with Gasteiger partial charge in [0.05, 0.1) is 5.50 Å². The molecule has 0 aromatic heterocycles. The summed E-state index contributed by atoms with van der Waals surface area (Å²) in [7, 11) is 0. The van der Waals surface area contributed by atoms with Gasteiger partial charge in [-0.05, 0) is 26.3 Å². The highest BCUT2D eigenvalue weighted by Crippen LogP contribution is 2.03. The average Bonchev–Trinajstić information content (AvgIpc) is 2.02. The summed E-state index contributed by atoms with van der Waals surface area (Å²) in [4.78, 5) is 10.7. The molecule has 5 heteroatoms. The molecule has 0 aromatic rings. The Morgan fingerprint density at radius 1 is 1.62 bits per heavy atom. The molecular formula is C8H17ClN2O2. The van der Waals surface area contributed by atoms with Crippen molar-refractivity contribution in [1.29, 1.82) is 0 Å². The summed E-state index contributed by atoms with van der Waals surface area (Å²) in [5, 5.41) is 11.5. The minimum absolute atomic E-state index is 0.320. The monoisotopic (exact) mass is 208 g/mol. The minimum Gasteiger partial charge on any atom is -0.480 e. The number of nitrogens with one attached hydrogen (secondary N) is 1. The van der Waals surface area contributed by atoms with Crippen molar-refractivity contribution in [3.05, 3.63) is 0 Å². The third-order valence-electron chi connectivity index (χ3n) is 1.68. The molecule has 4 N–H and O–H groups in total. The maximum atomic E-state index is 10.7. The molecule has 4 nitrogen and oxygen atoms in total. The van der Waals surface area contributed by atoms with Crippen molar-refractivity contribution in [1.82, 2.24) is 5.32 Å². The lowest BCUT2D eigenvalue weighted by atomic mass is 10.1. The Morgan fingerprint density at radius 3 is 2.62 bits per heavy atom. The molecule has 0 bridgehead atoms. The van der Waals surface area contributed by atoms with Gasteiger partial charge in [0.1, 0.15) is 6.04 Å². The zero-order valence-corrected chi connectivity index (χ0v) is 8.55. The van der Waals surface area contributed by atoms with Crippen LogP contribution in [0.5, 0.6) is 0 Å². The van der Waals surface area contributed by atoms with Crippen molar-refractivity contribution in [2.75, 3.05) is 6.54 Å². The summed E-state index contributed by atoms with van der Waals surface area (Å²) in [5.74, 6) is -0.857. The predicted molar refractivity (Wildman–Crippen MR) is 52.8 cm³/mol. The van der Waals surface area contributed by atoms with Gasteiger partial charge in [0.25, 0.3) is 0 Å². The van der Waals surface area contributed by atoms with Gasteiger partial charge in [-0.1, -0.05) is 6.42 Å². The Morgan fingerprint density at radius 2 is 2.23 bits per heavy atom. The summed E-state index contributed by atoms with van der Waals surface area (Å²) in [6.45, 7) is 2.31. The van der Waals surface area contributed by atoms with Crippen LogP contribution < -0.4 is 11.1 Å². The van der Waals surface area contributed by atoms with Gasteiger partial charge in [-0.15, -0.1) is 11.6 Å². The van der Waals surface area contributed by atoms with Crippen molar-refractivity contribution in [3.63, 3.8) is 0 Å². The molecule has 0 fully saturated rings. The van der Waals surface area contributed by atoms with E-state index in [1.165, 1.54) is 0 Å². The first-order valence-electron chi connectivity index (χ1n) is 4.41. The molecule has 0 aliphatic heterocycles. The predicted octanol–water partition coefficient (Wildman–Crippen LogP) is 0.743. The van der Waals surface area contributed by atoms with Gasteiger partial charge in [0.15, 0.2) is 0 Å². The van der Waals surface area contributed by atoms with E-state index in [1.807, 2.05) is 0 Å². The molecule has 13 heavy (non-hydrogen) atoms. The molecule has 1 unspecified atom stereocenters. The molecule has 0 saturated heterocycles. The first-order chi connectivity index (χ1) is 6.07. The Kier molecular flexibility index (Phi) is 6.94. The van der Waals surface area contributed by atoms with Crippen LogP contribution in [0.15, 0.2) is 0 Å². The molecule has 0 amide bonds. The van der Waals surface area contributed by atoms with Gasteiger partial charge in [0.2, 0.25) is 0 Å². The molecule has 0 heterocycles. The molecule has 0 aromatic carbocycles. The third-order valence-corrected chi connectivity index (χ3v) is 1.80. The zero-order valence-electron chi connectivity index (χ0n) is 7.79. The summed E-state index contributed by atoms with van der Waals surface area (Å²) in [6, 6.07) is -0.556. The van der Waals surface area contributed by atoms with Crippen LogP contribution in [-0.4, -0.2) is 29.2 Å². The number of rotatable bonds is 7. The molecule has 78 valence electrons. The Balaban J connectivity index is 3.74. The van der Waals surface area contributed by atoms with Crippen LogP contribution in [0.1, 0.15) is 26.2 Å². The maximum Gasteiger partial charge on any atom is 0.320 e. The minimum atomic E-state index is -0.857. The molecule has 0 spiro atoms. The number of unbranched alkanes of at least 4 members (excludes halogenated alkanes) is 1. The van der Waals surface area contributed by atoms with Crippen LogP contribution in [0, 0.1) is 0 Å². The molecule has 0 radical (unpaired) electrons. The first-order valence-corrected chi connectivity index (χ1v) is 4.84. The highest BCUT2D eigenvalue weighted by atomic mass is 35.5. The molecule has 0 aliphatic rings. The van der Waals surface area contributed by atoms with Crippen LogP contribution >= 0.6 is 11.6 Å². The lowest BCUT2D eigenvalue weighted by molar-refractivity contribution is -0.139. The van der Waals surface area contributed by atoms with Gasteiger partial charge in [0, 0.05) is 0 Å². The van der Waals surface area contributed by atoms with Crippen molar-refractivity contribution in [2.24, 2.45) is 5.73 Å². The van der Waals surface area contributed by atoms with Crippen molar-refractivity contribution < 1.29 is 9.90 Å². The number of alkyl halides is 1. The Bertz CT molecular complexity index is 153. The second-order valence-electron chi connectivity index (χ2n) is 2.96. The number of halogens is 1. The maximum absolute atomic E-state index is 10.7.